The minimum Gasteiger partial charge on any atom is -0.513 e. The third kappa shape index (κ3) is 2.04. The maximum atomic E-state index is 11.7. The number of carboxylic acids is 1. The van der Waals surface area contributed by atoms with Gasteiger partial charge in [0.1, 0.15) is 0 Å². The molecule has 4 aliphatic carbocycles. The van der Waals surface area contributed by atoms with E-state index in [-0.39, 0.29) is 11.3 Å². The second-order valence-electron chi connectivity index (χ2n) is 9.27. The summed E-state index contributed by atoms with van der Waals surface area (Å²) in [5.74, 6) is 2.53. The summed E-state index contributed by atoms with van der Waals surface area (Å²) in [4.78, 5) is 11.7. The lowest BCUT2D eigenvalue weighted by molar-refractivity contribution is -0.151. The van der Waals surface area contributed by atoms with E-state index in [9.17, 15) is 15.0 Å². The van der Waals surface area contributed by atoms with E-state index in [4.69, 9.17) is 0 Å². The molecule has 7 atom stereocenters. The zero-order valence-electron chi connectivity index (χ0n) is 14.4. The van der Waals surface area contributed by atoms with Crippen LogP contribution in [0.5, 0.6) is 0 Å². The van der Waals surface area contributed by atoms with Crippen molar-refractivity contribution in [3.8, 4) is 0 Å². The first-order valence-corrected chi connectivity index (χ1v) is 9.47. The molecule has 0 radical (unpaired) electrons. The van der Waals surface area contributed by atoms with Crippen LogP contribution >= 0.6 is 0 Å². The molecule has 0 heterocycles. The Kier molecular flexibility index (Phi) is 3.38. The molecule has 4 aliphatic rings. The monoisotopic (exact) mass is 318 g/mol. The number of aliphatic hydroxyl groups is 1. The van der Waals surface area contributed by atoms with E-state index in [1.54, 1.807) is 0 Å². The van der Waals surface area contributed by atoms with E-state index >= 15 is 0 Å². The molecule has 3 saturated carbocycles. The van der Waals surface area contributed by atoms with Crippen LogP contribution in [0.1, 0.15) is 65.2 Å². The van der Waals surface area contributed by atoms with Crippen molar-refractivity contribution in [3.05, 3.63) is 11.8 Å². The van der Waals surface area contributed by atoms with E-state index in [0.717, 1.165) is 38.0 Å². The molecule has 0 aromatic carbocycles. The summed E-state index contributed by atoms with van der Waals surface area (Å²) in [6.45, 7) is 4.71. The van der Waals surface area contributed by atoms with Crippen molar-refractivity contribution in [2.24, 2.45) is 40.4 Å². The molecular formula is C20H30O3. The highest BCUT2D eigenvalue weighted by molar-refractivity contribution is 5.71. The van der Waals surface area contributed by atoms with Gasteiger partial charge < -0.3 is 10.2 Å². The summed E-state index contributed by atoms with van der Waals surface area (Å²) in [5.41, 5.74) is 0.334. The number of rotatable bonds is 1. The van der Waals surface area contributed by atoms with E-state index < -0.39 is 5.97 Å². The summed E-state index contributed by atoms with van der Waals surface area (Å²) in [7, 11) is 0. The van der Waals surface area contributed by atoms with Crippen molar-refractivity contribution in [3.63, 3.8) is 0 Å². The van der Waals surface area contributed by atoms with Gasteiger partial charge in [-0.25, -0.2) is 0 Å². The van der Waals surface area contributed by atoms with Gasteiger partial charge in [0.15, 0.2) is 0 Å². The maximum Gasteiger partial charge on any atom is 0.307 e. The normalized spacial score (nSPS) is 52.1. The van der Waals surface area contributed by atoms with Crippen molar-refractivity contribution in [2.75, 3.05) is 0 Å². The zero-order valence-corrected chi connectivity index (χ0v) is 14.4. The smallest absolute Gasteiger partial charge is 0.307 e. The minimum atomic E-state index is -0.570. The van der Waals surface area contributed by atoms with Crippen LogP contribution in [0, 0.1) is 40.4 Å². The van der Waals surface area contributed by atoms with Crippen LogP contribution in [0.25, 0.3) is 0 Å². The predicted molar refractivity (Wildman–Crippen MR) is 88.9 cm³/mol. The summed E-state index contributed by atoms with van der Waals surface area (Å²) in [5, 5.41) is 19.6. The largest absolute Gasteiger partial charge is 0.513 e. The molecule has 3 heteroatoms. The molecule has 0 bridgehead atoms. The number of hydrogen-bond acceptors (Lipinski definition) is 2. The Hall–Kier alpha value is -0.990. The van der Waals surface area contributed by atoms with Crippen molar-refractivity contribution in [2.45, 2.75) is 65.2 Å². The quantitative estimate of drug-likeness (QED) is 0.731. The second kappa shape index (κ2) is 5.00. The fourth-order valence-corrected chi connectivity index (χ4v) is 7.27. The average Bonchev–Trinajstić information content (AvgIpc) is 2.85. The Labute approximate surface area is 139 Å². The Morgan fingerprint density at radius 2 is 1.83 bits per heavy atom. The van der Waals surface area contributed by atoms with Crippen molar-refractivity contribution in [1.29, 1.82) is 0 Å². The number of aliphatic hydroxyl groups excluding tert-OH is 1. The Morgan fingerprint density at radius 3 is 2.57 bits per heavy atom. The van der Waals surface area contributed by atoms with Crippen LogP contribution in [-0.2, 0) is 4.79 Å². The summed E-state index contributed by atoms with van der Waals surface area (Å²) < 4.78 is 0. The van der Waals surface area contributed by atoms with Crippen LogP contribution in [0.2, 0.25) is 0 Å². The molecule has 23 heavy (non-hydrogen) atoms. The highest BCUT2D eigenvalue weighted by Crippen LogP contribution is 2.67. The molecule has 4 rings (SSSR count). The Morgan fingerprint density at radius 1 is 1.09 bits per heavy atom. The van der Waals surface area contributed by atoms with Crippen LogP contribution in [0.3, 0.4) is 0 Å². The van der Waals surface area contributed by atoms with Gasteiger partial charge in [0.25, 0.3) is 0 Å². The molecule has 0 aromatic heterocycles. The highest BCUT2D eigenvalue weighted by Gasteiger charge is 2.60. The van der Waals surface area contributed by atoms with Crippen molar-refractivity contribution in [1.82, 2.24) is 0 Å². The standard InChI is InChI=1S/C20H30O3/c1-19-9-7-13(21)11-12(19)3-4-14-15-5-6-17(18(22)23)20(15,2)10-8-16(14)19/h7,12,14-17,21H,3-6,8-11H2,1-2H3,(H,22,23)/t12?,14-,15-,16-,17?,19-,20-/m0/s1. The van der Waals surface area contributed by atoms with E-state index in [1.807, 2.05) is 0 Å². The molecule has 3 nitrogen and oxygen atoms in total. The van der Waals surface area contributed by atoms with Gasteiger partial charge in [-0.05, 0) is 85.5 Å². The fourth-order valence-electron chi connectivity index (χ4n) is 7.27. The lowest BCUT2D eigenvalue weighted by atomic mass is 9.45. The van der Waals surface area contributed by atoms with Crippen molar-refractivity contribution >= 4 is 5.97 Å². The summed E-state index contributed by atoms with van der Waals surface area (Å²) in [6.07, 6.45) is 10.6. The number of fused-ring (bicyclic) bond motifs is 5. The molecule has 128 valence electrons. The minimum absolute atomic E-state index is 0.0167. The van der Waals surface area contributed by atoms with E-state index in [2.05, 4.69) is 19.9 Å². The zero-order chi connectivity index (χ0) is 16.4. The van der Waals surface area contributed by atoms with Gasteiger partial charge in [0.05, 0.1) is 11.7 Å². The molecule has 0 aromatic rings. The second-order valence-corrected chi connectivity index (χ2v) is 9.27. The van der Waals surface area contributed by atoms with Crippen LogP contribution < -0.4 is 0 Å². The molecule has 3 fully saturated rings. The van der Waals surface area contributed by atoms with Crippen LogP contribution in [0.15, 0.2) is 11.8 Å². The van der Waals surface area contributed by atoms with Gasteiger partial charge in [-0.2, -0.15) is 0 Å². The lowest BCUT2D eigenvalue weighted by Crippen LogP contribution is -2.53. The average molecular weight is 318 g/mol. The SMILES string of the molecule is C[C@]12CC=C(O)CC1CC[C@@H]1[C@@H]2CC[C@]2(C)C(C(=O)O)CC[C@@H]12. The fraction of sp³-hybridized carbons (Fsp3) is 0.850. The first-order valence-electron chi connectivity index (χ1n) is 9.47. The molecule has 0 saturated heterocycles. The first kappa shape index (κ1) is 15.5. The number of aliphatic carboxylic acids is 1. The van der Waals surface area contributed by atoms with E-state index in [0.29, 0.717) is 28.9 Å². The van der Waals surface area contributed by atoms with Gasteiger partial charge in [-0.3, -0.25) is 4.79 Å². The lowest BCUT2D eigenvalue weighted by Gasteiger charge is -2.59. The van der Waals surface area contributed by atoms with Gasteiger partial charge >= 0.3 is 5.97 Å². The molecular weight excluding hydrogens is 288 g/mol. The van der Waals surface area contributed by atoms with Gasteiger partial charge in [0, 0.05) is 6.42 Å². The third-order valence-electron chi connectivity index (χ3n) is 8.60. The first-order chi connectivity index (χ1) is 10.9. The van der Waals surface area contributed by atoms with Gasteiger partial charge in [-0.1, -0.05) is 13.8 Å². The summed E-state index contributed by atoms with van der Waals surface area (Å²) in [6, 6.07) is 0. The maximum absolute atomic E-state index is 11.7. The molecule has 2 unspecified atom stereocenters. The number of hydrogen-bond donors (Lipinski definition) is 2. The van der Waals surface area contributed by atoms with Crippen molar-refractivity contribution < 1.29 is 15.0 Å². The molecule has 0 aliphatic heterocycles. The topological polar surface area (TPSA) is 57.5 Å². The van der Waals surface area contributed by atoms with E-state index in [1.165, 1.54) is 19.3 Å². The van der Waals surface area contributed by atoms with Crippen LogP contribution in [-0.4, -0.2) is 16.2 Å². The number of carbonyl (C=O) groups is 1. The van der Waals surface area contributed by atoms with Gasteiger partial charge in [-0.15, -0.1) is 0 Å². The van der Waals surface area contributed by atoms with Gasteiger partial charge in [0.2, 0.25) is 0 Å². The third-order valence-corrected chi connectivity index (χ3v) is 8.60. The summed E-state index contributed by atoms with van der Waals surface area (Å²) >= 11 is 0. The molecule has 0 spiro atoms. The Balaban J connectivity index is 1.64. The van der Waals surface area contributed by atoms with Crippen LogP contribution in [0.4, 0.5) is 0 Å². The Bertz CT molecular complexity index is 553. The predicted octanol–water partition coefficient (Wildman–Crippen LogP) is 4.78. The number of allylic oxidation sites excluding steroid dienone is 2. The number of carboxylic acid groups (broad SMARTS) is 1. The molecule has 2 N–H and O–H groups in total. The highest BCUT2D eigenvalue weighted by atomic mass is 16.4. The molecule has 0 amide bonds.